The van der Waals surface area contributed by atoms with E-state index >= 15 is 0 Å². The van der Waals surface area contributed by atoms with Gasteiger partial charge in [0.15, 0.2) is 6.10 Å². The molecule has 0 aliphatic carbocycles. The van der Waals surface area contributed by atoms with Crippen molar-refractivity contribution in [1.82, 2.24) is 14.5 Å². The fraction of sp³-hybridized carbons (Fsp3) is 0.385. The van der Waals surface area contributed by atoms with Crippen LogP contribution in [0.2, 0.25) is 5.02 Å². The van der Waals surface area contributed by atoms with E-state index in [4.69, 9.17) is 16.4 Å². The minimum atomic E-state index is -4.81. The number of benzene rings is 1. The van der Waals surface area contributed by atoms with Gasteiger partial charge in [-0.15, -0.1) is 11.3 Å². The van der Waals surface area contributed by atoms with Gasteiger partial charge in [0.05, 0.1) is 16.3 Å². The first-order valence-corrected chi connectivity index (χ1v) is 13.7. The number of pyridine rings is 1. The molecule has 1 aromatic carbocycles. The van der Waals surface area contributed by atoms with E-state index in [1.807, 2.05) is 0 Å². The second-order valence-corrected chi connectivity index (χ2v) is 10.9. The molecule has 2 aromatic heterocycles. The van der Waals surface area contributed by atoms with Crippen LogP contribution in [0.15, 0.2) is 51.9 Å². The number of aromatic nitrogens is 2. The molecule has 1 amide bonds. The molecule has 15 heteroatoms. The molecule has 5 rings (SSSR count). The molecule has 1 atom stereocenters. The molecule has 1 fully saturated rings. The zero-order valence-electron chi connectivity index (χ0n) is 21.0. The normalized spacial score (nSPS) is 18.4. The molecule has 1 unspecified atom stereocenters. The summed E-state index contributed by atoms with van der Waals surface area (Å²) >= 11 is 7.53. The first-order valence-electron chi connectivity index (χ1n) is 12.4. The lowest BCUT2D eigenvalue weighted by Crippen LogP contribution is -2.41. The molecule has 0 N–H and O–H groups in total. The van der Waals surface area contributed by atoms with Crippen LogP contribution in [-0.2, 0) is 28.5 Å². The topological polar surface area (TPSA) is 76.8 Å². The van der Waals surface area contributed by atoms with Gasteiger partial charge < -0.3 is 14.3 Å². The third-order valence-electron chi connectivity index (χ3n) is 6.98. The second-order valence-electron chi connectivity index (χ2n) is 9.65. The standard InChI is InChI=1S/C26H21ClF6N4O3S/c27-18-4-3-15(25(28,29)30)10-16(18)21-11-19(35-40-21)20-13-41-23(34-20)14-5-8-36(9-6-14)22(38)12-37-7-1-2-17(24(37)39)26(31,32)33/h1-4,7,10,13-14,21H,5-6,8-9,11-12H2. The van der Waals surface area contributed by atoms with Gasteiger partial charge >= 0.3 is 12.4 Å². The summed E-state index contributed by atoms with van der Waals surface area (Å²) in [4.78, 5) is 36.4. The Balaban J connectivity index is 1.18. The van der Waals surface area contributed by atoms with Crippen LogP contribution in [0.1, 0.15) is 58.7 Å². The molecule has 3 aromatic rings. The Morgan fingerprint density at radius 3 is 2.51 bits per heavy atom. The Bertz CT molecular complexity index is 1540. The van der Waals surface area contributed by atoms with Crippen molar-refractivity contribution in [3.63, 3.8) is 0 Å². The van der Waals surface area contributed by atoms with Crippen molar-refractivity contribution in [3.05, 3.63) is 84.7 Å². The Labute approximate surface area is 238 Å². The Morgan fingerprint density at radius 1 is 1.10 bits per heavy atom. The van der Waals surface area contributed by atoms with Gasteiger partial charge in [0.25, 0.3) is 5.56 Å². The lowest BCUT2D eigenvalue weighted by Gasteiger charge is -2.31. The van der Waals surface area contributed by atoms with E-state index in [1.54, 1.807) is 5.38 Å². The van der Waals surface area contributed by atoms with Crippen LogP contribution in [0.5, 0.6) is 0 Å². The smallest absolute Gasteiger partial charge is 0.387 e. The van der Waals surface area contributed by atoms with E-state index < -0.39 is 47.6 Å². The summed E-state index contributed by atoms with van der Waals surface area (Å²) in [5, 5.41) is 6.74. The number of oxime groups is 1. The highest BCUT2D eigenvalue weighted by molar-refractivity contribution is 7.10. The number of piperidine rings is 1. The zero-order valence-corrected chi connectivity index (χ0v) is 22.6. The van der Waals surface area contributed by atoms with Crippen LogP contribution in [0.4, 0.5) is 26.3 Å². The van der Waals surface area contributed by atoms with Crippen molar-refractivity contribution in [2.24, 2.45) is 5.16 Å². The monoisotopic (exact) mass is 618 g/mol. The summed E-state index contributed by atoms with van der Waals surface area (Å²) in [5.74, 6) is -0.438. The van der Waals surface area contributed by atoms with Crippen LogP contribution in [0, 0.1) is 0 Å². The number of amides is 1. The number of hydrogen-bond donors (Lipinski definition) is 0. The van der Waals surface area contributed by atoms with Crippen LogP contribution >= 0.6 is 22.9 Å². The van der Waals surface area contributed by atoms with Crippen LogP contribution in [-0.4, -0.2) is 39.2 Å². The molecular weight excluding hydrogens is 598 g/mol. The number of likely N-dealkylation sites (tertiary alicyclic amines) is 1. The molecule has 0 saturated carbocycles. The molecule has 7 nitrogen and oxygen atoms in total. The van der Waals surface area contributed by atoms with Crippen molar-refractivity contribution in [1.29, 1.82) is 0 Å². The Kier molecular flexibility index (Phi) is 7.90. The minimum absolute atomic E-state index is 0.0192. The SMILES string of the molecule is O=C(Cn1cccc(C(F)(F)F)c1=O)N1CCC(c2nc(C3=NOC(c4cc(C(F)(F)F)ccc4Cl)C3)cs2)CC1. The molecule has 218 valence electrons. The number of hydrogen-bond acceptors (Lipinski definition) is 6. The predicted molar refractivity (Wildman–Crippen MR) is 138 cm³/mol. The summed E-state index contributed by atoms with van der Waals surface area (Å²) in [5.41, 5.74) is -2.23. The third-order valence-corrected chi connectivity index (χ3v) is 8.34. The van der Waals surface area contributed by atoms with E-state index in [1.165, 1.54) is 22.3 Å². The van der Waals surface area contributed by atoms with Crippen LogP contribution in [0.25, 0.3) is 0 Å². The van der Waals surface area contributed by atoms with Gasteiger partial charge in [0.2, 0.25) is 5.91 Å². The number of carbonyl (C=O) groups excluding carboxylic acids is 1. The van der Waals surface area contributed by atoms with Gasteiger partial charge in [-0.25, -0.2) is 4.98 Å². The maximum atomic E-state index is 13.1. The average molecular weight is 619 g/mol. The first-order chi connectivity index (χ1) is 19.3. The zero-order chi connectivity index (χ0) is 29.5. The molecule has 0 bridgehead atoms. The fourth-order valence-corrected chi connectivity index (χ4v) is 6.01. The second kappa shape index (κ2) is 11.1. The van der Waals surface area contributed by atoms with Crippen LogP contribution < -0.4 is 5.56 Å². The molecule has 2 aliphatic rings. The maximum absolute atomic E-state index is 13.1. The maximum Gasteiger partial charge on any atom is 0.421 e. The number of alkyl halides is 6. The summed E-state index contributed by atoms with van der Waals surface area (Å²) in [7, 11) is 0. The number of halogens is 7. The number of thiazole rings is 1. The van der Waals surface area contributed by atoms with Gasteiger partial charge in [0.1, 0.15) is 17.8 Å². The van der Waals surface area contributed by atoms with Gasteiger partial charge in [-0.1, -0.05) is 16.8 Å². The minimum Gasteiger partial charge on any atom is -0.387 e. The highest BCUT2D eigenvalue weighted by Gasteiger charge is 2.36. The Hall–Kier alpha value is -3.39. The first kappa shape index (κ1) is 29.1. The van der Waals surface area contributed by atoms with Crippen molar-refractivity contribution < 1.29 is 36.0 Å². The van der Waals surface area contributed by atoms with E-state index in [0.29, 0.717) is 43.4 Å². The van der Waals surface area contributed by atoms with Gasteiger partial charge in [-0.2, -0.15) is 26.3 Å². The van der Waals surface area contributed by atoms with E-state index in [2.05, 4.69) is 10.1 Å². The molecule has 1 saturated heterocycles. The van der Waals surface area contributed by atoms with Crippen molar-refractivity contribution in [2.45, 2.75) is 50.2 Å². The van der Waals surface area contributed by atoms with E-state index in [0.717, 1.165) is 34.0 Å². The quantitative estimate of drug-likeness (QED) is 0.316. The van der Waals surface area contributed by atoms with Crippen molar-refractivity contribution in [2.75, 3.05) is 13.1 Å². The van der Waals surface area contributed by atoms with Gasteiger partial charge in [-0.3, -0.25) is 9.59 Å². The lowest BCUT2D eigenvalue weighted by molar-refractivity contribution is -0.140. The molecule has 2 aliphatic heterocycles. The number of carbonyl (C=O) groups is 1. The summed E-state index contributed by atoms with van der Waals surface area (Å²) in [6, 6.07) is 4.80. The predicted octanol–water partition coefficient (Wildman–Crippen LogP) is 6.27. The lowest BCUT2D eigenvalue weighted by atomic mass is 9.97. The molecule has 0 spiro atoms. The van der Waals surface area contributed by atoms with E-state index in [9.17, 15) is 35.9 Å². The largest absolute Gasteiger partial charge is 0.421 e. The van der Waals surface area contributed by atoms with Crippen molar-refractivity contribution >= 4 is 34.6 Å². The molecule has 0 radical (unpaired) electrons. The molecule has 41 heavy (non-hydrogen) atoms. The van der Waals surface area contributed by atoms with Crippen molar-refractivity contribution in [3.8, 4) is 0 Å². The van der Waals surface area contributed by atoms with E-state index in [-0.39, 0.29) is 22.9 Å². The highest BCUT2D eigenvalue weighted by atomic mass is 35.5. The Morgan fingerprint density at radius 2 is 1.83 bits per heavy atom. The summed E-state index contributed by atoms with van der Waals surface area (Å²) in [6.45, 7) is 0.185. The highest BCUT2D eigenvalue weighted by Crippen LogP contribution is 2.39. The number of rotatable bonds is 5. The summed E-state index contributed by atoms with van der Waals surface area (Å²) < 4.78 is 79.3. The number of nitrogens with zero attached hydrogens (tertiary/aromatic N) is 4. The average Bonchev–Trinajstić information content (AvgIpc) is 3.59. The third kappa shape index (κ3) is 6.27. The molecule has 4 heterocycles. The molecular formula is C26H21ClF6N4O3S. The van der Waals surface area contributed by atoms with Crippen LogP contribution in [0.3, 0.4) is 0 Å². The van der Waals surface area contributed by atoms with Gasteiger partial charge in [0, 0.05) is 47.6 Å². The summed E-state index contributed by atoms with van der Waals surface area (Å²) in [6.07, 6.45) is -7.67. The van der Waals surface area contributed by atoms with Gasteiger partial charge in [-0.05, 0) is 43.2 Å². The fourth-order valence-electron chi connectivity index (χ4n) is 4.77.